The van der Waals surface area contributed by atoms with Crippen LogP contribution in [0.2, 0.25) is 0 Å². The summed E-state index contributed by atoms with van der Waals surface area (Å²) in [7, 11) is 1.34. The van der Waals surface area contributed by atoms with E-state index in [1.165, 1.54) is 7.11 Å². The zero-order chi connectivity index (χ0) is 10.4. The fourth-order valence-electron chi connectivity index (χ4n) is 1.39. The molecular weight excluding hydrogens is 184 g/mol. The van der Waals surface area contributed by atoms with Gasteiger partial charge in [-0.15, -0.1) is 12.3 Å². The number of terminal acetylenes is 1. The molecule has 1 rings (SSSR count). The van der Waals surface area contributed by atoms with Crippen LogP contribution in [0.25, 0.3) is 0 Å². The molecule has 0 aliphatic carbocycles. The van der Waals surface area contributed by atoms with Crippen LogP contribution in [0.3, 0.4) is 0 Å². The van der Waals surface area contributed by atoms with Crippen molar-refractivity contribution in [1.29, 1.82) is 0 Å². The largest absolute Gasteiger partial charge is 0.469 e. The quantitative estimate of drug-likeness (QED) is 0.493. The van der Waals surface area contributed by atoms with Gasteiger partial charge in [0.05, 0.1) is 26.7 Å². The molecule has 1 fully saturated rings. The monoisotopic (exact) mass is 198 g/mol. The van der Waals surface area contributed by atoms with E-state index in [0.29, 0.717) is 26.1 Å². The maximum atomic E-state index is 11.1. The minimum Gasteiger partial charge on any atom is -0.469 e. The van der Waals surface area contributed by atoms with E-state index in [1.54, 1.807) is 0 Å². The van der Waals surface area contributed by atoms with Crippen LogP contribution in [0.4, 0.5) is 0 Å². The highest BCUT2D eigenvalue weighted by atomic mass is 16.7. The van der Waals surface area contributed by atoms with Gasteiger partial charge in [-0.1, -0.05) is 0 Å². The number of carbonyl (C=O) groups is 1. The Morgan fingerprint density at radius 2 is 2.21 bits per heavy atom. The number of hydrogen-bond acceptors (Lipinski definition) is 4. The van der Waals surface area contributed by atoms with E-state index in [1.807, 2.05) is 0 Å². The minimum atomic E-state index is -0.848. The molecule has 0 atom stereocenters. The summed E-state index contributed by atoms with van der Waals surface area (Å²) >= 11 is 0. The van der Waals surface area contributed by atoms with Crippen molar-refractivity contribution in [2.24, 2.45) is 0 Å². The van der Waals surface area contributed by atoms with Gasteiger partial charge in [0.1, 0.15) is 0 Å². The van der Waals surface area contributed by atoms with Crippen molar-refractivity contribution in [3.8, 4) is 12.3 Å². The first kappa shape index (κ1) is 11.0. The summed E-state index contributed by atoms with van der Waals surface area (Å²) in [5, 5.41) is 0. The molecule has 14 heavy (non-hydrogen) atoms. The molecule has 4 nitrogen and oxygen atoms in total. The lowest BCUT2D eigenvalue weighted by molar-refractivity contribution is -0.183. The van der Waals surface area contributed by atoms with Gasteiger partial charge in [0.15, 0.2) is 5.79 Å². The predicted octanol–water partition coefficient (Wildman–Crippen LogP) is 0.706. The van der Waals surface area contributed by atoms with Crippen molar-refractivity contribution >= 4 is 5.97 Å². The van der Waals surface area contributed by atoms with Crippen molar-refractivity contribution < 1.29 is 19.0 Å². The van der Waals surface area contributed by atoms with E-state index >= 15 is 0 Å². The maximum absolute atomic E-state index is 11.1. The zero-order valence-electron chi connectivity index (χ0n) is 8.25. The summed E-state index contributed by atoms with van der Waals surface area (Å²) in [5.41, 5.74) is 0. The highest BCUT2D eigenvalue weighted by Gasteiger charge is 2.38. The number of esters is 1. The molecule has 0 aromatic heterocycles. The van der Waals surface area contributed by atoms with Crippen LogP contribution in [0.5, 0.6) is 0 Å². The van der Waals surface area contributed by atoms with E-state index in [-0.39, 0.29) is 12.4 Å². The van der Waals surface area contributed by atoms with E-state index in [9.17, 15) is 4.79 Å². The van der Waals surface area contributed by atoms with Gasteiger partial charge in [0.25, 0.3) is 0 Å². The van der Waals surface area contributed by atoms with Gasteiger partial charge in [-0.25, -0.2) is 0 Å². The van der Waals surface area contributed by atoms with Gasteiger partial charge < -0.3 is 14.2 Å². The summed E-state index contributed by atoms with van der Waals surface area (Å²) in [5.74, 6) is 1.31. The molecule has 0 aromatic rings. The summed E-state index contributed by atoms with van der Waals surface area (Å²) < 4.78 is 15.4. The Bertz CT molecular complexity index is 235. The first-order valence-corrected chi connectivity index (χ1v) is 4.50. The molecule has 0 saturated carbocycles. The second kappa shape index (κ2) is 4.99. The summed E-state index contributed by atoms with van der Waals surface area (Å²) in [6.45, 7) is 1.00. The normalized spacial score (nSPS) is 18.9. The number of methoxy groups -OCH3 is 1. The minimum absolute atomic E-state index is 0.102. The fourth-order valence-corrected chi connectivity index (χ4v) is 1.39. The van der Waals surface area contributed by atoms with Gasteiger partial charge in [0, 0.05) is 12.8 Å². The first-order valence-electron chi connectivity index (χ1n) is 4.50. The number of hydrogen-bond donors (Lipinski definition) is 0. The van der Waals surface area contributed by atoms with Crippen LogP contribution >= 0.6 is 0 Å². The summed E-state index contributed by atoms with van der Waals surface area (Å²) in [6.07, 6.45) is 6.31. The molecule has 0 spiro atoms. The van der Waals surface area contributed by atoms with Gasteiger partial charge in [-0.3, -0.25) is 4.79 Å². The average Bonchev–Trinajstić information content (AvgIpc) is 2.64. The molecular formula is C10H14O4. The predicted molar refractivity (Wildman–Crippen MR) is 49.3 cm³/mol. The Balaban J connectivity index is 2.53. The number of rotatable bonds is 4. The molecule has 0 aromatic carbocycles. The Morgan fingerprint density at radius 3 is 2.71 bits per heavy atom. The molecule has 0 unspecified atom stereocenters. The highest BCUT2D eigenvalue weighted by Crippen LogP contribution is 2.28. The van der Waals surface area contributed by atoms with Gasteiger partial charge in [-0.2, -0.15) is 0 Å². The molecule has 0 N–H and O–H groups in total. The van der Waals surface area contributed by atoms with Crippen molar-refractivity contribution in [1.82, 2.24) is 0 Å². The summed E-state index contributed by atoms with van der Waals surface area (Å²) in [4.78, 5) is 11.1. The van der Waals surface area contributed by atoms with E-state index in [2.05, 4.69) is 10.7 Å². The number of ether oxygens (including phenoxy) is 3. The molecule has 4 heteroatoms. The van der Waals surface area contributed by atoms with E-state index < -0.39 is 5.79 Å². The maximum Gasteiger partial charge on any atom is 0.310 e. The molecule has 1 aliphatic rings. The standard InChI is InChI=1S/C10H14O4/c1-3-4-5-10(8-9(11)12-2)13-6-7-14-10/h1H,4-8H2,2H3. The zero-order valence-corrected chi connectivity index (χ0v) is 8.25. The van der Waals surface area contributed by atoms with Crippen LogP contribution in [0.15, 0.2) is 0 Å². The van der Waals surface area contributed by atoms with Crippen molar-refractivity contribution in [3.63, 3.8) is 0 Å². The Labute approximate surface area is 83.5 Å². The lowest BCUT2D eigenvalue weighted by Crippen LogP contribution is -2.33. The molecule has 1 saturated heterocycles. The van der Waals surface area contributed by atoms with Gasteiger partial charge >= 0.3 is 5.97 Å². The van der Waals surface area contributed by atoms with Crippen molar-refractivity contribution in [2.45, 2.75) is 25.0 Å². The van der Waals surface area contributed by atoms with Crippen LogP contribution in [-0.2, 0) is 19.0 Å². The number of carbonyl (C=O) groups excluding carboxylic acids is 1. The molecule has 0 amide bonds. The molecule has 1 aliphatic heterocycles. The van der Waals surface area contributed by atoms with Crippen LogP contribution in [0, 0.1) is 12.3 Å². The Hall–Kier alpha value is -1.05. The first-order chi connectivity index (χ1) is 6.72. The van der Waals surface area contributed by atoms with Crippen LogP contribution in [0.1, 0.15) is 19.3 Å². The lowest BCUT2D eigenvalue weighted by atomic mass is 10.1. The smallest absolute Gasteiger partial charge is 0.310 e. The second-order valence-electron chi connectivity index (χ2n) is 3.06. The summed E-state index contributed by atoms with van der Waals surface area (Å²) in [6, 6.07) is 0. The van der Waals surface area contributed by atoms with E-state index in [4.69, 9.17) is 15.9 Å². The highest BCUT2D eigenvalue weighted by molar-refractivity contribution is 5.70. The molecule has 78 valence electrons. The van der Waals surface area contributed by atoms with Crippen molar-refractivity contribution in [3.05, 3.63) is 0 Å². The van der Waals surface area contributed by atoms with E-state index in [0.717, 1.165) is 0 Å². The molecule has 0 bridgehead atoms. The molecule has 0 radical (unpaired) electrons. The van der Waals surface area contributed by atoms with Crippen molar-refractivity contribution in [2.75, 3.05) is 20.3 Å². The average molecular weight is 198 g/mol. The van der Waals surface area contributed by atoms with Gasteiger partial charge in [0.2, 0.25) is 0 Å². The SMILES string of the molecule is C#CCCC1(CC(=O)OC)OCCO1. The Morgan fingerprint density at radius 1 is 1.57 bits per heavy atom. The van der Waals surface area contributed by atoms with Gasteiger partial charge in [-0.05, 0) is 0 Å². The third kappa shape index (κ3) is 2.72. The topological polar surface area (TPSA) is 44.8 Å². The lowest BCUT2D eigenvalue weighted by Gasteiger charge is -2.25. The fraction of sp³-hybridized carbons (Fsp3) is 0.700. The van der Waals surface area contributed by atoms with Crippen LogP contribution < -0.4 is 0 Å². The molecule has 1 heterocycles. The van der Waals surface area contributed by atoms with Crippen LogP contribution in [-0.4, -0.2) is 32.1 Å². The second-order valence-corrected chi connectivity index (χ2v) is 3.06. The Kier molecular flexibility index (Phi) is 3.93. The third-order valence-corrected chi connectivity index (χ3v) is 2.11. The third-order valence-electron chi connectivity index (χ3n) is 2.11.